The van der Waals surface area contributed by atoms with E-state index in [1.165, 1.54) is 0 Å². The number of thiocarbonyl (C=S) groups is 1. The average molecular weight is 145 g/mol. The highest BCUT2D eigenvalue weighted by atomic mass is 32.1. The number of alkyl carbamates (subject to hydrolysis) is 1. The van der Waals surface area contributed by atoms with Gasteiger partial charge in [-0.05, 0) is 13.8 Å². The molecular formula is C5H7NO2S. The number of carbonyl (C=O) groups excluding carboxylic acids is 1. The van der Waals surface area contributed by atoms with Crippen molar-refractivity contribution in [2.45, 2.75) is 19.4 Å². The first-order valence-corrected chi connectivity index (χ1v) is 2.97. The van der Waals surface area contributed by atoms with Gasteiger partial charge < -0.3 is 4.74 Å². The van der Waals surface area contributed by atoms with Crippen molar-refractivity contribution in [1.29, 1.82) is 0 Å². The van der Waals surface area contributed by atoms with Gasteiger partial charge in [0.15, 0.2) is 5.60 Å². The molecule has 1 fully saturated rings. The van der Waals surface area contributed by atoms with Gasteiger partial charge in [-0.1, -0.05) is 12.2 Å². The van der Waals surface area contributed by atoms with Gasteiger partial charge in [0.25, 0.3) is 0 Å². The molecule has 3 nitrogen and oxygen atoms in total. The first-order chi connectivity index (χ1) is 4.02. The minimum absolute atomic E-state index is 0.451. The molecule has 0 aromatic heterocycles. The molecule has 1 rings (SSSR count). The highest BCUT2D eigenvalue weighted by Gasteiger charge is 2.36. The Morgan fingerprint density at radius 3 is 2.33 bits per heavy atom. The molecular weight excluding hydrogens is 138 g/mol. The van der Waals surface area contributed by atoms with E-state index in [9.17, 15) is 4.79 Å². The van der Waals surface area contributed by atoms with E-state index in [0.29, 0.717) is 4.99 Å². The molecule has 4 heteroatoms. The predicted octanol–water partition coefficient (Wildman–Crippen LogP) is 0.832. The summed E-state index contributed by atoms with van der Waals surface area (Å²) >= 11 is 4.78. The molecule has 1 aliphatic rings. The Labute approximate surface area is 58.4 Å². The molecule has 1 aliphatic heterocycles. The molecule has 0 saturated carbocycles. The molecule has 1 saturated heterocycles. The largest absolute Gasteiger partial charge is 0.436 e. The van der Waals surface area contributed by atoms with E-state index in [0.717, 1.165) is 0 Å². The van der Waals surface area contributed by atoms with Gasteiger partial charge in [-0.25, -0.2) is 4.79 Å². The van der Waals surface area contributed by atoms with Crippen LogP contribution >= 0.6 is 12.2 Å². The van der Waals surface area contributed by atoms with Crippen LogP contribution in [0.3, 0.4) is 0 Å². The summed E-state index contributed by atoms with van der Waals surface area (Å²) < 4.78 is 4.77. The third kappa shape index (κ3) is 1.03. The molecule has 0 unspecified atom stereocenters. The molecule has 50 valence electrons. The number of cyclic esters (lactones) is 1. The summed E-state index contributed by atoms with van der Waals surface area (Å²) in [5, 5.41) is 2.38. The van der Waals surface area contributed by atoms with Crippen molar-refractivity contribution in [2.24, 2.45) is 0 Å². The summed E-state index contributed by atoms with van der Waals surface area (Å²) in [6.07, 6.45) is -0.454. The molecule has 0 aromatic rings. The van der Waals surface area contributed by atoms with Crippen LogP contribution in [-0.4, -0.2) is 16.7 Å². The standard InChI is InChI=1S/C5H7NO2S/c1-5(2)3(9)6-4(7)8-5/h1-2H3,(H,6,7,9). The first kappa shape index (κ1) is 6.48. The number of rotatable bonds is 0. The molecule has 0 spiro atoms. The first-order valence-electron chi connectivity index (χ1n) is 2.57. The monoisotopic (exact) mass is 145 g/mol. The highest BCUT2D eigenvalue weighted by Crippen LogP contribution is 2.16. The van der Waals surface area contributed by atoms with Crippen molar-refractivity contribution in [2.75, 3.05) is 0 Å². The van der Waals surface area contributed by atoms with Crippen molar-refractivity contribution in [3.8, 4) is 0 Å². The van der Waals surface area contributed by atoms with Gasteiger partial charge in [-0.15, -0.1) is 0 Å². The maximum Gasteiger partial charge on any atom is 0.413 e. The van der Waals surface area contributed by atoms with Gasteiger partial charge in [0.05, 0.1) is 0 Å². The van der Waals surface area contributed by atoms with Crippen molar-refractivity contribution in [1.82, 2.24) is 5.32 Å². The zero-order chi connectivity index (χ0) is 7.07. The number of ether oxygens (including phenoxy) is 1. The van der Waals surface area contributed by atoms with E-state index in [1.54, 1.807) is 13.8 Å². The molecule has 1 amide bonds. The van der Waals surface area contributed by atoms with E-state index < -0.39 is 11.7 Å². The minimum atomic E-state index is -0.605. The number of amides is 1. The Kier molecular flexibility index (Phi) is 1.20. The van der Waals surface area contributed by atoms with Gasteiger partial charge in [-0.2, -0.15) is 0 Å². The lowest BCUT2D eigenvalue weighted by molar-refractivity contribution is 0.110. The van der Waals surface area contributed by atoms with Crippen LogP contribution in [-0.2, 0) is 4.74 Å². The van der Waals surface area contributed by atoms with Gasteiger partial charge in [0.1, 0.15) is 4.99 Å². The normalized spacial score (nSPS) is 23.3. The van der Waals surface area contributed by atoms with E-state index in [4.69, 9.17) is 17.0 Å². The number of hydrogen-bond donors (Lipinski definition) is 1. The fourth-order valence-electron chi connectivity index (χ4n) is 0.547. The van der Waals surface area contributed by atoms with E-state index in [1.807, 2.05) is 0 Å². The molecule has 0 aromatic carbocycles. The van der Waals surface area contributed by atoms with Crippen molar-refractivity contribution in [3.05, 3.63) is 0 Å². The average Bonchev–Trinajstić information content (AvgIpc) is 1.79. The molecule has 0 atom stereocenters. The summed E-state index contributed by atoms with van der Waals surface area (Å²) in [7, 11) is 0. The lowest BCUT2D eigenvalue weighted by Crippen LogP contribution is -2.30. The number of carbonyl (C=O) groups is 1. The van der Waals surface area contributed by atoms with Crippen molar-refractivity contribution >= 4 is 23.3 Å². The number of hydrogen-bond acceptors (Lipinski definition) is 3. The molecule has 1 heterocycles. The van der Waals surface area contributed by atoms with Crippen LogP contribution < -0.4 is 5.32 Å². The minimum Gasteiger partial charge on any atom is -0.436 e. The second kappa shape index (κ2) is 1.67. The van der Waals surface area contributed by atoms with Crippen molar-refractivity contribution < 1.29 is 9.53 Å². The van der Waals surface area contributed by atoms with Crippen LogP contribution in [0.2, 0.25) is 0 Å². The zero-order valence-electron chi connectivity index (χ0n) is 5.22. The smallest absolute Gasteiger partial charge is 0.413 e. The zero-order valence-corrected chi connectivity index (χ0v) is 6.04. The maximum absolute atomic E-state index is 10.4. The molecule has 0 radical (unpaired) electrons. The Hall–Kier alpha value is -0.640. The topological polar surface area (TPSA) is 38.3 Å². The Balaban J connectivity index is 2.81. The Morgan fingerprint density at radius 2 is 2.22 bits per heavy atom. The summed E-state index contributed by atoms with van der Waals surface area (Å²) in [6.45, 7) is 3.49. The molecule has 0 bridgehead atoms. The van der Waals surface area contributed by atoms with E-state index in [-0.39, 0.29) is 0 Å². The highest BCUT2D eigenvalue weighted by molar-refractivity contribution is 7.80. The molecule has 9 heavy (non-hydrogen) atoms. The third-order valence-electron chi connectivity index (χ3n) is 1.11. The van der Waals surface area contributed by atoms with Gasteiger partial charge in [0, 0.05) is 0 Å². The predicted molar refractivity (Wildman–Crippen MR) is 36.3 cm³/mol. The van der Waals surface area contributed by atoms with E-state index in [2.05, 4.69) is 5.32 Å². The van der Waals surface area contributed by atoms with Gasteiger partial charge in [0.2, 0.25) is 0 Å². The van der Waals surface area contributed by atoms with Crippen LogP contribution in [0, 0.1) is 0 Å². The molecule has 0 aliphatic carbocycles. The van der Waals surface area contributed by atoms with Gasteiger partial charge in [-0.3, -0.25) is 5.32 Å². The second-order valence-corrected chi connectivity index (χ2v) is 2.76. The summed E-state index contributed by atoms with van der Waals surface area (Å²) in [5.41, 5.74) is -0.605. The van der Waals surface area contributed by atoms with E-state index >= 15 is 0 Å². The maximum atomic E-state index is 10.4. The summed E-state index contributed by atoms with van der Waals surface area (Å²) in [4.78, 5) is 10.9. The fourth-order valence-corrected chi connectivity index (χ4v) is 0.672. The van der Waals surface area contributed by atoms with Gasteiger partial charge >= 0.3 is 6.09 Å². The summed E-state index contributed by atoms with van der Waals surface area (Å²) in [6, 6.07) is 0. The van der Waals surface area contributed by atoms with Crippen LogP contribution in [0.25, 0.3) is 0 Å². The lowest BCUT2D eigenvalue weighted by Gasteiger charge is -2.12. The number of nitrogens with one attached hydrogen (secondary N) is 1. The van der Waals surface area contributed by atoms with Crippen molar-refractivity contribution in [3.63, 3.8) is 0 Å². The van der Waals surface area contributed by atoms with Crippen LogP contribution in [0.4, 0.5) is 4.79 Å². The van der Waals surface area contributed by atoms with Crippen LogP contribution in [0.5, 0.6) is 0 Å². The second-order valence-electron chi connectivity index (χ2n) is 2.35. The SMILES string of the molecule is CC1(C)OC(=O)NC1=S. The Morgan fingerprint density at radius 1 is 1.67 bits per heavy atom. The Bertz CT molecular complexity index is 176. The molecule has 1 N–H and O–H groups in total. The van der Waals surface area contributed by atoms with Crippen LogP contribution in [0.15, 0.2) is 0 Å². The lowest BCUT2D eigenvalue weighted by atomic mass is 10.1. The third-order valence-corrected chi connectivity index (χ3v) is 1.70. The van der Waals surface area contributed by atoms with Crippen LogP contribution in [0.1, 0.15) is 13.8 Å². The quantitative estimate of drug-likeness (QED) is 0.513. The fraction of sp³-hybridized carbons (Fsp3) is 0.600. The summed E-state index contributed by atoms with van der Waals surface area (Å²) in [5.74, 6) is 0.